The van der Waals surface area contributed by atoms with Gasteiger partial charge in [-0.1, -0.05) is 6.08 Å². The van der Waals surface area contributed by atoms with Crippen molar-refractivity contribution >= 4 is 0 Å². The van der Waals surface area contributed by atoms with Gasteiger partial charge in [0.05, 0.1) is 0 Å². The van der Waals surface area contributed by atoms with Crippen LogP contribution in [0.25, 0.3) is 0 Å². The zero-order chi connectivity index (χ0) is 10.5. The Morgan fingerprint density at radius 2 is 1.57 bits per heavy atom. The molecule has 0 amide bonds. The molecule has 84 valence electrons. The fourth-order valence-corrected chi connectivity index (χ4v) is 1.11. The first-order chi connectivity index (χ1) is 6.91. The smallest absolute Gasteiger partial charge is 0.0151 e. The number of hydrogen-bond donors (Lipinski definition) is 4. The molecule has 6 N–H and O–H groups in total. The molecule has 4 nitrogen and oxygen atoms in total. The molecule has 0 aromatic heterocycles. The Balaban J connectivity index is 2.85. The van der Waals surface area contributed by atoms with E-state index in [-0.39, 0.29) is 0 Å². The van der Waals surface area contributed by atoms with E-state index >= 15 is 0 Å². The van der Waals surface area contributed by atoms with Crippen LogP contribution >= 0.6 is 0 Å². The number of hydrogen-bond acceptors (Lipinski definition) is 4. The Morgan fingerprint density at radius 1 is 0.929 bits per heavy atom. The Bertz CT molecular complexity index is 125. The van der Waals surface area contributed by atoms with Crippen molar-refractivity contribution in [2.45, 2.75) is 19.3 Å². The third kappa shape index (κ3) is 11.4. The summed E-state index contributed by atoms with van der Waals surface area (Å²) in [5.74, 6) is 0. The lowest BCUT2D eigenvalue weighted by Gasteiger charge is -2.03. The van der Waals surface area contributed by atoms with E-state index in [0.717, 1.165) is 39.1 Å². The topological polar surface area (TPSA) is 76.1 Å². The maximum Gasteiger partial charge on any atom is 0.0151 e. The van der Waals surface area contributed by atoms with E-state index in [1.165, 1.54) is 12.8 Å². The summed E-state index contributed by atoms with van der Waals surface area (Å²) < 4.78 is 0. The Hall–Kier alpha value is -0.580. The molecule has 14 heavy (non-hydrogen) atoms. The minimum absolute atomic E-state index is 0.778. The quantitative estimate of drug-likeness (QED) is 0.367. The van der Waals surface area contributed by atoms with Crippen molar-refractivity contribution in [3.63, 3.8) is 0 Å². The van der Waals surface area contributed by atoms with Gasteiger partial charge in [0.25, 0.3) is 0 Å². The molecule has 0 fully saturated rings. The molecule has 0 aromatic rings. The molecule has 0 radical (unpaired) electrons. The van der Waals surface area contributed by atoms with Gasteiger partial charge in [-0.05, 0) is 51.6 Å². The van der Waals surface area contributed by atoms with Crippen LogP contribution in [0, 0.1) is 0 Å². The second kappa shape index (κ2) is 12.4. The summed E-state index contributed by atoms with van der Waals surface area (Å²) in [5, 5.41) is 6.62. The summed E-state index contributed by atoms with van der Waals surface area (Å²) >= 11 is 0. The zero-order valence-corrected chi connectivity index (χ0v) is 8.97. The van der Waals surface area contributed by atoms with Crippen LogP contribution in [0.2, 0.25) is 0 Å². The van der Waals surface area contributed by atoms with E-state index in [2.05, 4.69) is 10.6 Å². The van der Waals surface area contributed by atoms with Crippen LogP contribution in [0.4, 0.5) is 0 Å². The minimum Gasteiger partial charge on any atom is -0.405 e. The number of nitrogens with one attached hydrogen (secondary N) is 2. The molecule has 0 aromatic carbocycles. The van der Waals surface area contributed by atoms with E-state index < -0.39 is 0 Å². The number of nitrogens with two attached hydrogens (primary N) is 2. The van der Waals surface area contributed by atoms with Crippen molar-refractivity contribution < 1.29 is 0 Å². The zero-order valence-electron chi connectivity index (χ0n) is 8.97. The fraction of sp³-hybridized carbons (Fsp3) is 0.800. The molecular weight excluding hydrogens is 176 g/mol. The number of rotatable bonds is 10. The van der Waals surface area contributed by atoms with Crippen LogP contribution in [0.3, 0.4) is 0 Å². The maximum atomic E-state index is 5.37. The van der Waals surface area contributed by atoms with E-state index in [4.69, 9.17) is 11.5 Å². The van der Waals surface area contributed by atoms with Crippen LogP contribution in [0.15, 0.2) is 12.3 Å². The Kier molecular flexibility index (Phi) is 11.9. The van der Waals surface area contributed by atoms with Gasteiger partial charge in [-0.2, -0.15) is 0 Å². The maximum absolute atomic E-state index is 5.37. The van der Waals surface area contributed by atoms with Gasteiger partial charge < -0.3 is 22.1 Å². The summed E-state index contributed by atoms with van der Waals surface area (Å²) in [6.07, 6.45) is 6.97. The molecule has 0 aliphatic carbocycles. The Labute approximate surface area is 87.1 Å². The summed E-state index contributed by atoms with van der Waals surface area (Å²) in [6, 6.07) is 0. The molecule has 0 aliphatic rings. The first kappa shape index (κ1) is 13.4. The van der Waals surface area contributed by atoms with E-state index in [1.54, 1.807) is 6.20 Å². The molecule has 0 saturated heterocycles. The average Bonchev–Trinajstić information content (AvgIpc) is 2.21. The van der Waals surface area contributed by atoms with Crippen LogP contribution in [0.1, 0.15) is 19.3 Å². The highest BCUT2D eigenvalue weighted by atomic mass is 14.9. The lowest BCUT2D eigenvalue weighted by molar-refractivity contribution is 0.587. The second-order valence-corrected chi connectivity index (χ2v) is 3.23. The van der Waals surface area contributed by atoms with Crippen molar-refractivity contribution in [1.82, 2.24) is 10.6 Å². The van der Waals surface area contributed by atoms with Crippen molar-refractivity contribution in [2.75, 3.05) is 32.7 Å². The first-order valence-corrected chi connectivity index (χ1v) is 5.40. The highest BCUT2D eigenvalue weighted by Gasteiger charge is 1.88. The molecule has 4 heteroatoms. The van der Waals surface area contributed by atoms with Crippen LogP contribution < -0.4 is 22.1 Å². The predicted octanol–water partition coefficient (Wildman–Crippen LogP) is -0.233. The molecule has 0 spiro atoms. The summed E-state index contributed by atoms with van der Waals surface area (Å²) in [5.41, 5.74) is 10.6. The molecule has 0 rings (SSSR count). The molecular formula is C10H24N4. The fourth-order valence-electron chi connectivity index (χ4n) is 1.11. The highest BCUT2D eigenvalue weighted by molar-refractivity contribution is 4.77. The molecule has 0 saturated carbocycles. The van der Waals surface area contributed by atoms with Crippen LogP contribution in [-0.2, 0) is 0 Å². The van der Waals surface area contributed by atoms with Crippen LogP contribution in [0.5, 0.6) is 0 Å². The third-order valence-corrected chi connectivity index (χ3v) is 1.91. The van der Waals surface area contributed by atoms with Crippen molar-refractivity contribution in [3.05, 3.63) is 12.3 Å². The number of unbranched alkanes of at least 4 members (excludes halogenated alkanes) is 1. The predicted molar refractivity (Wildman–Crippen MR) is 62.0 cm³/mol. The van der Waals surface area contributed by atoms with E-state index in [9.17, 15) is 0 Å². The van der Waals surface area contributed by atoms with Gasteiger partial charge in [-0.3, -0.25) is 0 Å². The normalized spacial score (nSPS) is 11.2. The molecule has 0 unspecified atom stereocenters. The van der Waals surface area contributed by atoms with Crippen molar-refractivity contribution in [2.24, 2.45) is 11.5 Å². The summed E-state index contributed by atoms with van der Waals surface area (Å²) in [4.78, 5) is 0. The van der Waals surface area contributed by atoms with Gasteiger partial charge in [-0.15, -0.1) is 0 Å². The lowest BCUT2D eigenvalue weighted by Crippen LogP contribution is -2.21. The molecule has 0 heterocycles. The molecule has 0 aliphatic heterocycles. The standard InChI is InChI=1S/C10H24N4/c11-5-3-9-13-7-1-2-8-14-10-4-6-12/h3,5,13-14H,1-2,4,6-12H2. The van der Waals surface area contributed by atoms with Gasteiger partial charge in [0.2, 0.25) is 0 Å². The summed E-state index contributed by atoms with van der Waals surface area (Å²) in [6.45, 7) is 4.84. The third-order valence-electron chi connectivity index (χ3n) is 1.91. The highest BCUT2D eigenvalue weighted by Crippen LogP contribution is 1.84. The van der Waals surface area contributed by atoms with Gasteiger partial charge in [-0.25, -0.2) is 0 Å². The Morgan fingerprint density at radius 3 is 2.21 bits per heavy atom. The second-order valence-electron chi connectivity index (χ2n) is 3.23. The van der Waals surface area contributed by atoms with Gasteiger partial charge in [0, 0.05) is 6.54 Å². The van der Waals surface area contributed by atoms with Gasteiger partial charge in [0.1, 0.15) is 0 Å². The molecule has 0 bridgehead atoms. The monoisotopic (exact) mass is 200 g/mol. The molecule has 0 atom stereocenters. The first-order valence-electron chi connectivity index (χ1n) is 5.40. The van der Waals surface area contributed by atoms with Gasteiger partial charge in [0.15, 0.2) is 0 Å². The largest absolute Gasteiger partial charge is 0.405 e. The van der Waals surface area contributed by atoms with Gasteiger partial charge >= 0.3 is 0 Å². The van der Waals surface area contributed by atoms with Crippen molar-refractivity contribution in [1.29, 1.82) is 0 Å². The summed E-state index contributed by atoms with van der Waals surface area (Å²) in [7, 11) is 0. The van der Waals surface area contributed by atoms with E-state index in [1.807, 2.05) is 6.08 Å². The minimum atomic E-state index is 0.778. The lowest BCUT2D eigenvalue weighted by atomic mass is 10.3. The van der Waals surface area contributed by atoms with Crippen LogP contribution in [-0.4, -0.2) is 32.7 Å². The SMILES string of the molecule is NC=CCNCCCCNCCCN. The average molecular weight is 200 g/mol. The van der Waals surface area contributed by atoms with Crippen molar-refractivity contribution in [3.8, 4) is 0 Å². The van der Waals surface area contributed by atoms with E-state index in [0.29, 0.717) is 0 Å².